The lowest BCUT2D eigenvalue weighted by Gasteiger charge is -2.12. The first-order valence-electron chi connectivity index (χ1n) is 6.87. The van der Waals surface area contributed by atoms with Crippen molar-refractivity contribution in [3.05, 3.63) is 76.3 Å². The van der Waals surface area contributed by atoms with Gasteiger partial charge in [-0.25, -0.2) is 8.42 Å². The quantitative estimate of drug-likeness (QED) is 0.699. The van der Waals surface area contributed by atoms with Gasteiger partial charge in [0.25, 0.3) is 0 Å². The van der Waals surface area contributed by atoms with Gasteiger partial charge in [0.1, 0.15) is 0 Å². The van der Waals surface area contributed by atoms with Crippen LogP contribution >= 0.6 is 23.2 Å². The highest BCUT2D eigenvalue weighted by Crippen LogP contribution is 2.28. The minimum absolute atomic E-state index is 0.283. The molecule has 0 bridgehead atoms. The number of nitrogens with one attached hydrogen (secondary N) is 1. The summed E-state index contributed by atoms with van der Waals surface area (Å²) in [6, 6.07) is 18.0. The lowest BCUT2D eigenvalue weighted by atomic mass is 10.1. The van der Waals surface area contributed by atoms with Gasteiger partial charge in [0.2, 0.25) is 10.0 Å². The second-order valence-corrected chi connectivity index (χ2v) is 7.62. The van der Waals surface area contributed by atoms with Gasteiger partial charge in [-0.2, -0.15) is 0 Å². The first-order chi connectivity index (χ1) is 11.0. The van der Waals surface area contributed by atoms with Gasteiger partial charge in [-0.1, -0.05) is 65.7 Å². The Balaban J connectivity index is 1.95. The summed E-state index contributed by atoms with van der Waals surface area (Å²) in [6.07, 6.45) is 0. The summed E-state index contributed by atoms with van der Waals surface area (Å²) in [5, 5.41) is 2.47. The average molecular weight is 366 g/mol. The van der Waals surface area contributed by atoms with E-state index in [0.29, 0.717) is 21.3 Å². The van der Waals surface area contributed by atoms with Crippen LogP contribution in [0.25, 0.3) is 10.8 Å². The van der Waals surface area contributed by atoms with E-state index in [1.807, 2.05) is 36.4 Å². The molecule has 3 aromatic carbocycles. The van der Waals surface area contributed by atoms with Crippen molar-refractivity contribution in [1.29, 1.82) is 0 Å². The molecular formula is C17H13Cl2NO2S. The molecule has 0 aliphatic rings. The molecular weight excluding hydrogens is 353 g/mol. The highest BCUT2D eigenvalue weighted by Gasteiger charge is 2.17. The van der Waals surface area contributed by atoms with Crippen molar-refractivity contribution in [3.63, 3.8) is 0 Å². The summed E-state index contributed by atoms with van der Waals surface area (Å²) >= 11 is 12.1. The fourth-order valence-corrected chi connectivity index (χ4v) is 4.34. The Bertz CT molecular complexity index is 946. The minimum atomic E-state index is -3.64. The molecule has 0 saturated heterocycles. The summed E-state index contributed by atoms with van der Waals surface area (Å²) < 4.78 is 27.6. The van der Waals surface area contributed by atoms with Crippen LogP contribution in [0.5, 0.6) is 0 Å². The third-order valence-electron chi connectivity index (χ3n) is 3.45. The van der Waals surface area contributed by atoms with Gasteiger partial charge in [-0.05, 0) is 23.6 Å². The first kappa shape index (κ1) is 16.1. The Labute approximate surface area is 144 Å². The number of fused-ring (bicyclic) bond motifs is 1. The van der Waals surface area contributed by atoms with Crippen molar-refractivity contribution in [2.24, 2.45) is 0 Å². The summed E-state index contributed by atoms with van der Waals surface area (Å²) in [7, 11) is -3.64. The van der Waals surface area contributed by atoms with E-state index in [0.717, 1.165) is 10.8 Å². The predicted octanol–water partition coefficient (Wildman–Crippen LogP) is 5.09. The van der Waals surface area contributed by atoms with Crippen LogP contribution in [0.2, 0.25) is 10.0 Å². The summed E-state index contributed by atoms with van der Waals surface area (Å²) in [5.74, 6) is -0.283. The molecule has 23 heavy (non-hydrogen) atoms. The van der Waals surface area contributed by atoms with Crippen LogP contribution in [0.1, 0.15) is 5.56 Å². The van der Waals surface area contributed by atoms with Gasteiger partial charge in [0, 0.05) is 21.0 Å². The SMILES string of the molecule is O=S(=O)(Cc1c(Cl)cccc1Cl)Nc1cccc2ccccc12. The van der Waals surface area contributed by atoms with Gasteiger partial charge in [-0.15, -0.1) is 0 Å². The molecule has 0 spiro atoms. The van der Waals surface area contributed by atoms with E-state index in [9.17, 15) is 8.42 Å². The molecule has 0 atom stereocenters. The fourth-order valence-electron chi connectivity index (χ4n) is 2.38. The van der Waals surface area contributed by atoms with E-state index < -0.39 is 10.0 Å². The average Bonchev–Trinajstić information content (AvgIpc) is 2.51. The largest absolute Gasteiger partial charge is 0.283 e. The van der Waals surface area contributed by atoms with Crippen LogP contribution in [0, 0.1) is 0 Å². The Hall–Kier alpha value is -1.75. The van der Waals surface area contributed by atoms with Crippen LogP contribution in [0.4, 0.5) is 5.69 Å². The zero-order chi connectivity index (χ0) is 16.4. The number of anilines is 1. The van der Waals surface area contributed by atoms with Gasteiger partial charge >= 0.3 is 0 Å². The van der Waals surface area contributed by atoms with Crippen LogP contribution in [0.15, 0.2) is 60.7 Å². The second kappa shape index (κ2) is 6.40. The third kappa shape index (κ3) is 3.61. The van der Waals surface area contributed by atoms with E-state index >= 15 is 0 Å². The standard InChI is InChI=1S/C17H13Cl2NO2S/c18-15-8-4-9-16(19)14(15)11-23(21,22)20-17-10-3-6-12-5-1-2-7-13(12)17/h1-10,20H,11H2. The smallest absolute Gasteiger partial charge is 0.237 e. The number of benzene rings is 3. The third-order valence-corrected chi connectivity index (χ3v) is 5.36. The van der Waals surface area contributed by atoms with Crippen LogP contribution < -0.4 is 4.72 Å². The number of hydrogen-bond acceptors (Lipinski definition) is 2. The summed E-state index contributed by atoms with van der Waals surface area (Å²) in [4.78, 5) is 0. The van der Waals surface area contributed by atoms with Gasteiger partial charge < -0.3 is 0 Å². The Morgan fingerprint density at radius 1 is 0.826 bits per heavy atom. The van der Waals surface area contributed by atoms with Gasteiger partial charge in [0.05, 0.1) is 11.4 Å². The zero-order valence-electron chi connectivity index (χ0n) is 12.0. The maximum Gasteiger partial charge on any atom is 0.237 e. The number of rotatable bonds is 4. The number of sulfonamides is 1. The molecule has 1 N–H and O–H groups in total. The van der Waals surface area contributed by atoms with E-state index in [2.05, 4.69) is 4.72 Å². The van der Waals surface area contributed by atoms with E-state index in [1.165, 1.54) is 0 Å². The lowest BCUT2D eigenvalue weighted by Crippen LogP contribution is -2.15. The molecule has 0 aliphatic carbocycles. The fraction of sp³-hybridized carbons (Fsp3) is 0.0588. The monoisotopic (exact) mass is 365 g/mol. The Morgan fingerprint density at radius 3 is 2.17 bits per heavy atom. The maximum absolute atomic E-state index is 12.5. The summed E-state index contributed by atoms with van der Waals surface area (Å²) in [6.45, 7) is 0. The van der Waals surface area contributed by atoms with Gasteiger partial charge in [0.15, 0.2) is 0 Å². The minimum Gasteiger partial charge on any atom is -0.283 e. The van der Waals surface area contributed by atoms with Crippen molar-refractivity contribution >= 4 is 49.7 Å². The van der Waals surface area contributed by atoms with Crippen molar-refractivity contribution in [2.45, 2.75) is 5.75 Å². The summed E-state index contributed by atoms with van der Waals surface area (Å²) in [5.41, 5.74) is 0.926. The zero-order valence-corrected chi connectivity index (χ0v) is 14.3. The molecule has 0 unspecified atom stereocenters. The molecule has 3 nitrogen and oxygen atoms in total. The van der Waals surface area contributed by atoms with E-state index in [-0.39, 0.29) is 5.75 Å². The molecule has 0 aliphatic heterocycles. The molecule has 0 heterocycles. The predicted molar refractivity (Wildman–Crippen MR) is 96.7 cm³/mol. The normalized spacial score (nSPS) is 11.6. The topological polar surface area (TPSA) is 46.2 Å². The molecule has 118 valence electrons. The van der Waals surface area contributed by atoms with E-state index in [4.69, 9.17) is 23.2 Å². The van der Waals surface area contributed by atoms with Crippen molar-refractivity contribution in [3.8, 4) is 0 Å². The second-order valence-electron chi connectivity index (χ2n) is 5.09. The van der Waals surface area contributed by atoms with Crippen molar-refractivity contribution in [2.75, 3.05) is 4.72 Å². The van der Waals surface area contributed by atoms with E-state index in [1.54, 1.807) is 24.3 Å². The van der Waals surface area contributed by atoms with Crippen LogP contribution in [-0.2, 0) is 15.8 Å². The molecule has 0 amide bonds. The highest BCUT2D eigenvalue weighted by atomic mass is 35.5. The number of hydrogen-bond donors (Lipinski definition) is 1. The molecule has 0 saturated carbocycles. The molecule has 0 radical (unpaired) electrons. The Morgan fingerprint density at radius 2 is 1.43 bits per heavy atom. The molecule has 0 aromatic heterocycles. The molecule has 3 aromatic rings. The number of halogens is 2. The molecule has 0 fully saturated rings. The lowest BCUT2D eigenvalue weighted by molar-refractivity contribution is 0.600. The molecule has 6 heteroatoms. The first-order valence-corrected chi connectivity index (χ1v) is 9.28. The van der Waals surface area contributed by atoms with Crippen LogP contribution in [0.3, 0.4) is 0 Å². The van der Waals surface area contributed by atoms with Crippen LogP contribution in [-0.4, -0.2) is 8.42 Å². The molecule has 3 rings (SSSR count). The van der Waals surface area contributed by atoms with Crippen molar-refractivity contribution in [1.82, 2.24) is 0 Å². The van der Waals surface area contributed by atoms with Gasteiger partial charge in [-0.3, -0.25) is 4.72 Å². The van der Waals surface area contributed by atoms with Crippen molar-refractivity contribution < 1.29 is 8.42 Å². The highest BCUT2D eigenvalue weighted by molar-refractivity contribution is 7.92. The Kier molecular flexibility index (Phi) is 4.48. The maximum atomic E-state index is 12.5.